The van der Waals surface area contributed by atoms with Gasteiger partial charge in [-0.3, -0.25) is 4.68 Å². The van der Waals surface area contributed by atoms with Gasteiger partial charge in [-0.2, -0.15) is 5.10 Å². The van der Waals surface area contributed by atoms with Crippen LogP contribution in [-0.4, -0.2) is 22.4 Å². The van der Waals surface area contributed by atoms with Crippen LogP contribution in [0.3, 0.4) is 0 Å². The molecule has 2 rings (SSSR count). The molecule has 3 heteroatoms. The zero-order valence-electron chi connectivity index (χ0n) is 14.1. The zero-order chi connectivity index (χ0) is 15.1. The monoisotopic (exact) mass is 291 g/mol. The molecule has 1 fully saturated rings. The summed E-state index contributed by atoms with van der Waals surface area (Å²) < 4.78 is 2.24. The molecule has 1 N–H and O–H groups in total. The number of hydrogen-bond acceptors (Lipinski definition) is 2. The van der Waals surface area contributed by atoms with Crippen LogP contribution in [0.25, 0.3) is 0 Å². The summed E-state index contributed by atoms with van der Waals surface area (Å²) in [5, 5.41) is 8.49. The molecule has 1 atom stereocenters. The summed E-state index contributed by atoms with van der Waals surface area (Å²) in [6, 6.07) is 3.46. The van der Waals surface area contributed by atoms with Crippen LogP contribution in [0.1, 0.15) is 77.5 Å². The van der Waals surface area contributed by atoms with E-state index in [1.165, 1.54) is 50.6 Å². The van der Waals surface area contributed by atoms with Crippen molar-refractivity contribution in [3.05, 3.63) is 18.0 Å². The molecule has 0 radical (unpaired) electrons. The molecular weight excluding hydrogens is 258 g/mol. The van der Waals surface area contributed by atoms with Gasteiger partial charge in [0.1, 0.15) is 0 Å². The van der Waals surface area contributed by atoms with Crippen molar-refractivity contribution in [1.29, 1.82) is 0 Å². The van der Waals surface area contributed by atoms with Crippen molar-refractivity contribution in [1.82, 2.24) is 15.1 Å². The van der Waals surface area contributed by atoms with Gasteiger partial charge in [0.2, 0.25) is 0 Å². The van der Waals surface area contributed by atoms with Crippen LogP contribution in [0.15, 0.2) is 12.3 Å². The fourth-order valence-corrected chi connectivity index (χ4v) is 3.39. The number of nitrogens with zero attached hydrogens (tertiary/aromatic N) is 2. The Hall–Kier alpha value is -0.830. The van der Waals surface area contributed by atoms with Crippen molar-refractivity contribution in [2.75, 3.05) is 6.54 Å². The van der Waals surface area contributed by atoms with Crippen molar-refractivity contribution in [3.63, 3.8) is 0 Å². The molecule has 1 aromatic rings. The molecule has 1 unspecified atom stereocenters. The maximum Gasteiger partial charge on any atom is 0.0640 e. The Kier molecular flexibility index (Phi) is 6.75. The molecule has 0 amide bonds. The summed E-state index contributed by atoms with van der Waals surface area (Å²) in [5.74, 6) is 0.783. The number of likely N-dealkylation sites (N-methyl/N-ethyl adjacent to an activating group) is 1. The molecule has 21 heavy (non-hydrogen) atoms. The van der Waals surface area contributed by atoms with Gasteiger partial charge in [0, 0.05) is 18.7 Å². The van der Waals surface area contributed by atoms with Crippen LogP contribution in [-0.2, 0) is 6.42 Å². The van der Waals surface area contributed by atoms with Gasteiger partial charge in [-0.05, 0) is 44.2 Å². The average molecular weight is 291 g/mol. The average Bonchev–Trinajstić information content (AvgIpc) is 2.94. The molecule has 120 valence electrons. The summed E-state index contributed by atoms with van der Waals surface area (Å²) in [6.07, 6.45) is 12.6. The van der Waals surface area contributed by atoms with Gasteiger partial charge in [0.15, 0.2) is 0 Å². The van der Waals surface area contributed by atoms with Crippen molar-refractivity contribution in [3.8, 4) is 0 Å². The molecule has 1 heterocycles. The van der Waals surface area contributed by atoms with Crippen molar-refractivity contribution in [2.24, 2.45) is 5.92 Å². The maximum absolute atomic E-state index is 4.86. The van der Waals surface area contributed by atoms with E-state index in [1.807, 2.05) is 0 Å². The standard InChI is InChI=1S/C18H33N3/c1-4-19-16(11-10-15(2)3)14-17-12-13-21(20-17)18-8-6-5-7-9-18/h12-13,15-16,18-19H,4-11,14H2,1-3H3. The Bertz CT molecular complexity index is 391. The van der Waals surface area contributed by atoms with E-state index in [-0.39, 0.29) is 0 Å². The van der Waals surface area contributed by atoms with E-state index in [4.69, 9.17) is 5.10 Å². The second-order valence-corrected chi connectivity index (χ2v) is 7.01. The highest BCUT2D eigenvalue weighted by molar-refractivity contribution is 5.02. The van der Waals surface area contributed by atoms with Gasteiger partial charge < -0.3 is 5.32 Å². The van der Waals surface area contributed by atoms with Crippen LogP contribution >= 0.6 is 0 Å². The minimum Gasteiger partial charge on any atom is -0.314 e. The third-order valence-corrected chi connectivity index (χ3v) is 4.65. The molecule has 3 nitrogen and oxygen atoms in total. The lowest BCUT2D eigenvalue weighted by atomic mass is 9.96. The first-order valence-corrected chi connectivity index (χ1v) is 8.96. The molecule has 0 aliphatic heterocycles. The largest absolute Gasteiger partial charge is 0.314 e. The predicted octanol–water partition coefficient (Wildman–Crippen LogP) is 4.35. The van der Waals surface area contributed by atoms with Gasteiger partial charge in [-0.15, -0.1) is 0 Å². The fourth-order valence-electron chi connectivity index (χ4n) is 3.39. The third-order valence-electron chi connectivity index (χ3n) is 4.65. The Labute approximate surface area is 130 Å². The molecule has 1 aliphatic rings. The third kappa shape index (κ3) is 5.46. The first kappa shape index (κ1) is 16.5. The molecule has 0 bridgehead atoms. The molecular formula is C18H33N3. The van der Waals surface area contributed by atoms with Crippen molar-refractivity contribution < 1.29 is 0 Å². The van der Waals surface area contributed by atoms with Gasteiger partial charge in [0.05, 0.1) is 11.7 Å². The van der Waals surface area contributed by atoms with Crippen LogP contribution in [0, 0.1) is 5.92 Å². The highest BCUT2D eigenvalue weighted by atomic mass is 15.3. The second kappa shape index (κ2) is 8.57. The van der Waals surface area contributed by atoms with Gasteiger partial charge in [0.25, 0.3) is 0 Å². The van der Waals surface area contributed by atoms with Crippen LogP contribution < -0.4 is 5.32 Å². The van der Waals surface area contributed by atoms with E-state index in [0.717, 1.165) is 18.9 Å². The van der Waals surface area contributed by atoms with E-state index in [0.29, 0.717) is 12.1 Å². The van der Waals surface area contributed by atoms with Crippen LogP contribution in [0.5, 0.6) is 0 Å². The SMILES string of the molecule is CCNC(CCC(C)C)Cc1ccn(C2CCCCC2)n1. The van der Waals surface area contributed by atoms with Crippen molar-refractivity contribution in [2.45, 2.75) is 84.2 Å². The van der Waals surface area contributed by atoms with Crippen molar-refractivity contribution >= 4 is 0 Å². The van der Waals surface area contributed by atoms with E-state index in [2.05, 4.69) is 43.0 Å². The summed E-state index contributed by atoms with van der Waals surface area (Å²) in [6.45, 7) is 7.86. The summed E-state index contributed by atoms with van der Waals surface area (Å²) in [4.78, 5) is 0. The summed E-state index contributed by atoms with van der Waals surface area (Å²) in [7, 11) is 0. The predicted molar refractivity (Wildman–Crippen MR) is 89.6 cm³/mol. The Morgan fingerprint density at radius 3 is 2.67 bits per heavy atom. The Balaban J connectivity index is 1.89. The molecule has 0 aromatic carbocycles. The van der Waals surface area contributed by atoms with Gasteiger partial charge in [-0.25, -0.2) is 0 Å². The maximum atomic E-state index is 4.86. The van der Waals surface area contributed by atoms with Crippen LogP contribution in [0.2, 0.25) is 0 Å². The minimum atomic E-state index is 0.576. The number of rotatable bonds is 8. The first-order chi connectivity index (χ1) is 10.2. The van der Waals surface area contributed by atoms with E-state index < -0.39 is 0 Å². The molecule has 0 saturated heterocycles. The Morgan fingerprint density at radius 2 is 2.00 bits per heavy atom. The van der Waals surface area contributed by atoms with E-state index >= 15 is 0 Å². The summed E-state index contributed by atoms with van der Waals surface area (Å²) in [5.41, 5.74) is 1.26. The highest BCUT2D eigenvalue weighted by Crippen LogP contribution is 2.27. The van der Waals surface area contributed by atoms with E-state index in [9.17, 15) is 0 Å². The number of aromatic nitrogens is 2. The van der Waals surface area contributed by atoms with Crippen LogP contribution in [0.4, 0.5) is 0 Å². The first-order valence-electron chi connectivity index (χ1n) is 8.96. The number of nitrogens with one attached hydrogen (secondary N) is 1. The zero-order valence-corrected chi connectivity index (χ0v) is 14.1. The highest BCUT2D eigenvalue weighted by Gasteiger charge is 2.17. The normalized spacial score (nSPS) is 18.3. The van der Waals surface area contributed by atoms with E-state index in [1.54, 1.807) is 0 Å². The summed E-state index contributed by atoms with van der Waals surface area (Å²) >= 11 is 0. The number of hydrogen-bond donors (Lipinski definition) is 1. The smallest absolute Gasteiger partial charge is 0.0640 e. The molecule has 1 aromatic heterocycles. The van der Waals surface area contributed by atoms with Gasteiger partial charge in [-0.1, -0.05) is 40.0 Å². The lowest BCUT2D eigenvalue weighted by molar-refractivity contribution is 0.327. The molecule has 1 saturated carbocycles. The minimum absolute atomic E-state index is 0.576. The fraction of sp³-hybridized carbons (Fsp3) is 0.833. The topological polar surface area (TPSA) is 29.9 Å². The second-order valence-electron chi connectivity index (χ2n) is 7.01. The van der Waals surface area contributed by atoms with Gasteiger partial charge >= 0.3 is 0 Å². The lowest BCUT2D eigenvalue weighted by Gasteiger charge is -2.22. The Morgan fingerprint density at radius 1 is 1.24 bits per heavy atom. The molecule has 0 spiro atoms. The molecule has 1 aliphatic carbocycles. The lowest BCUT2D eigenvalue weighted by Crippen LogP contribution is -2.31. The quantitative estimate of drug-likeness (QED) is 0.772.